The van der Waals surface area contributed by atoms with Crippen molar-refractivity contribution in [3.8, 4) is 0 Å². The third-order valence-electron chi connectivity index (χ3n) is 7.49. The fourth-order valence-electron chi connectivity index (χ4n) is 5.17. The van der Waals surface area contributed by atoms with Crippen LogP contribution in [0.15, 0.2) is 116 Å². The fraction of sp³-hybridized carbons (Fsp3) is 0.351. The number of carbonyl (C=O) groups is 2. The van der Waals surface area contributed by atoms with Crippen LogP contribution in [0, 0.1) is 0 Å². The molecule has 0 bridgehead atoms. The molecule has 0 radical (unpaired) electrons. The van der Waals surface area contributed by atoms with Crippen LogP contribution < -0.4 is 0 Å². The molecule has 7 nitrogen and oxygen atoms in total. The summed E-state index contributed by atoms with van der Waals surface area (Å²) >= 11 is 0. The minimum absolute atomic E-state index is 0.145. The summed E-state index contributed by atoms with van der Waals surface area (Å²) in [6.07, 6.45) is 5.21. The van der Waals surface area contributed by atoms with Gasteiger partial charge in [-0.25, -0.2) is 9.69 Å². The summed E-state index contributed by atoms with van der Waals surface area (Å²) in [6, 6.07) is 29.2. The van der Waals surface area contributed by atoms with E-state index in [0.29, 0.717) is 39.1 Å². The van der Waals surface area contributed by atoms with Crippen molar-refractivity contribution in [1.29, 1.82) is 0 Å². The van der Waals surface area contributed by atoms with Crippen LogP contribution in [0.5, 0.6) is 0 Å². The van der Waals surface area contributed by atoms with E-state index in [9.17, 15) is 9.59 Å². The first-order valence-electron chi connectivity index (χ1n) is 15.3. The number of benzene rings is 3. The number of ether oxygens (including phenoxy) is 4. The molecule has 1 heterocycles. The van der Waals surface area contributed by atoms with Gasteiger partial charge in [-0.05, 0) is 36.0 Å². The fourth-order valence-corrected chi connectivity index (χ4v) is 5.17. The monoisotopic (exact) mass is 597 g/mol. The van der Waals surface area contributed by atoms with Gasteiger partial charge in [0.15, 0.2) is 0 Å². The lowest BCUT2D eigenvalue weighted by atomic mass is 10.0. The van der Waals surface area contributed by atoms with Crippen molar-refractivity contribution in [3.63, 3.8) is 0 Å². The molecule has 0 N–H and O–H groups in total. The quantitative estimate of drug-likeness (QED) is 0.115. The number of cyclic esters (lactones) is 1. The van der Waals surface area contributed by atoms with Crippen molar-refractivity contribution >= 4 is 12.0 Å². The van der Waals surface area contributed by atoms with E-state index < -0.39 is 30.3 Å². The second-order valence-electron chi connectivity index (χ2n) is 10.8. The van der Waals surface area contributed by atoms with Gasteiger partial charge >= 0.3 is 6.09 Å². The van der Waals surface area contributed by atoms with Gasteiger partial charge in [-0.15, -0.1) is 6.58 Å². The van der Waals surface area contributed by atoms with Gasteiger partial charge in [0.1, 0.15) is 12.7 Å². The zero-order chi connectivity index (χ0) is 31.0. The molecular formula is C37H43NO6. The number of imide groups is 1. The predicted molar refractivity (Wildman–Crippen MR) is 171 cm³/mol. The van der Waals surface area contributed by atoms with Crippen molar-refractivity contribution in [2.75, 3.05) is 13.2 Å². The van der Waals surface area contributed by atoms with E-state index in [1.807, 2.05) is 110 Å². The maximum Gasteiger partial charge on any atom is 0.417 e. The highest BCUT2D eigenvalue weighted by Gasteiger charge is 2.42. The Morgan fingerprint density at radius 1 is 0.886 bits per heavy atom. The summed E-state index contributed by atoms with van der Waals surface area (Å²) in [6.45, 7) is 7.35. The molecule has 0 spiro atoms. The third kappa shape index (κ3) is 10.0. The molecule has 232 valence electrons. The van der Waals surface area contributed by atoms with Gasteiger partial charge < -0.3 is 18.9 Å². The van der Waals surface area contributed by atoms with Gasteiger partial charge in [0.25, 0.3) is 5.91 Å². The van der Waals surface area contributed by atoms with E-state index in [1.54, 1.807) is 6.08 Å². The van der Waals surface area contributed by atoms with Crippen LogP contribution >= 0.6 is 0 Å². The lowest BCUT2D eigenvalue weighted by Crippen LogP contribution is -2.48. The lowest BCUT2D eigenvalue weighted by Gasteiger charge is -2.31. The van der Waals surface area contributed by atoms with Crippen LogP contribution in [0.1, 0.15) is 42.9 Å². The predicted octanol–water partition coefficient (Wildman–Crippen LogP) is 7.06. The number of hydrogen-bond donors (Lipinski definition) is 0. The van der Waals surface area contributed by atoms with Crippen LogP contribution in [-0.4, -0.2) is 54.5 Å². The Hall–Kier alpha value is -4.04. The summed E-state index contributed by atoms with van der Waals surface area (Å²) in [5, 5.41) is 0. The minimum Gasteiger partial charge on any atom is -0.447 e. The molecule has 4 atom stereocenters. The highest BCUT2D eigenvalue weighted by molar-refractivity contribution is 5.96. The molecule has 1 aliphatic rings. The molecule has 1 fully saturated rings. The Kier molecular flexibility index (Phi) is 13.4. The first-order chi connectivity index (χ1) is 21.6. The average molecular weight is 598 g/mol. The highest BCUT2D eigenvalue weighted by atomic mass is 16.6. The Bertz CT molecular complexity index is 1310. The van der Waals surface area contributed by atoms with Crippen molar-refractivity contribution in [2.45, 2.75) is 70.2 Å². The summed E-state index contributed by atoms with van der Waals surface area (Å²) < 4.78 is 24.0. The van der Waals surface area contributed by atoms with Gasteiger partial charge in [-0.3, -0.25) is 4.79 Å². The van der Waals surface area contributed by atoms with Gasteiger partial charge in [-0.1, -0.05) is 116 Å². The molecule has 2 amide bonds. The molecule has 4 rings (SSSR count). The molecule has 7 heteroatoms. The Morgan fingerprint density at radius 2 is 1.50 bits per heavy atom. The Labute approximate surface area is 261 Å². The second-order valence-corrected chi connectivity index (χ2v) is 10.8. The van der Waals surface area contributed by atoms with Crippen LogP contribution in [0.4, 0.5) is 4.79 Å². The van der Waals surface area contributed by atoms with Crippen LogP contribution in [0.2, 0.25) is 0 Å². The molecule has 0 saturated carbocycles. The molecule has 44 heavy (non-hydrogen) atoms. The first-order valence-corrected chi connectivity index (χ1v) is 15.3. The van der Waals surface area contributed by atoms with Gasteiger partial charge in [0, 0.05) is 6.42 Å². The Balaban J connectivity index is 1.47. The summed E-state index contributed by atoms with van der Waals surface area (Å²) in [5.41, 5.74) is 3.16. The average Bonchev–Trinajstić information content (AvgIpc) is 3.42. The topological polar surface area (TPSA) is 74.3 Å². The maximum absolute atomic E-state index is 14.0. The van der Waals surface area contributed by atoms with Crippen molar-refractivity contribution in [1.82, 2.24) is 4.90 Å². The maximum atomic E-state index is 14.0. The van der Waals surface area contributed by atoms with E-state index >= 15 is 0 Å². The molecule has 1 saturated heterocycles. The molecule has 0 aromatic heterocycles. The number of rotatable bonds is 18. The molecule has 1 aliphatic heterocycles. The van der Waals surface area contributed by atoms with Crippen molar-refractivity contribution < 1.29 is 28.5 Å². The number of carbonyl (C=O) groups excluding carboxylic acids is 2. The lowest BCUT2D eigenvalue weighted by molar-refractivity contribution is -0.154. The third-order valence-corrected chi connectivity index (χ3v) is 7.49. The van der Waals surface area contributed by atoms with Gasteiger partial charge in [0.2, 0.25) is 0 Å². The normalized spacial score (nSPS) is 16.9. The molecular weight excluding hydrogens is 554 g/mol. The molecule has 0 unspecified atom stereocenters. The van der Waals surface area contributed by atoms with Gasteiger partial charge in [0.05, 0.1) is 38.1 Å². The largest absolute Gasteiger partial charge is 0.447 e. The van der Waals surface area contributed by atoms with Crippen LogP contribution in [-0.2, 0) is 43.4 Å². The Morgan fingerprint density at radius 3 is 2.11 bits per heavy atom. The van der Waals surface area contributed by atoms with Crippen LogP contribution in [0.25, 0.3) is 0 Å². The highest BCUT2D eigenvalue weighted by Crippen LogP contribution is 2.24. The van der Waals surface area contributed by atoms with E-state index in [0.717, 1.165) is 16.7 Å². The van der Waals surface area contributed by atoms with E-state index in [4.69, 9.17) is 18.9 Å². The van der Waals surface area contributed by atoms with E-state index in [2.05, 4.69) is 6.58 Å². The standard InChI is InChI=1S/C37H43NO6/c1-3-16-34(42-27-31-21-12-7-13-22-31)33(4-2)44-35(23-14-15-24-41-26-30-19-10-6-11-20-30)36(39)38-32(28-43-37(38)40)25-29-17-8-5-9-18-29/h3,5-15,17-22,32-35H,1,4,16,23-28H2,2H3/b15-14+/t32-,33-,34-,35+/m1/s1. The zero-order valence-electron chi connectivity index (χ0n) is 25.5. The smallest absolute Gasteiger partial charge is 0.417 e. The zero-order valence-corrected chi connectivity index (χ0v) is 25.5. The molecule has 3 aromatic rings. The number of nitrogens with zero attached hydrogens (tertiary/aromatic N) is 1. The second kappa shape index (κ2) is 17.9. The SMILES string of the molecule is C=CC[C@@H](OCc1ccccc1)[C@@H](CC)O[C@@H](C/C=C/COCc1ccccc1)C(=O)N1C(=O)OC[C@H]1Cc1ccccc1. The van der Waals surface area contributed by atoms with Crippen LogP contribution in [0.3, 0.4) is 0 Å². The van der Waals surface area contributed by atoms with Crippen molar-refractivity contribution in [2.24, 2.45) is 0 Å². The summed E-state index contributed by atoms with van der Waals surface area (Å²) in [4.78, 5) is 28.2. The molecule has 3 aromatic carbocycles. The van der Waals surface area contributed by atoms with Gasteiger partial charge in [-0.2, -0.15) is 0 Å². The summed E-state index contributed by atoms with van der Waals surface area (Å²) in [7, 11) is 0. The van der Waals surface area contributed by atoms with Crippen molar-refractivity contribution in [3.05, 3.63) is 132 Å². The summed E-state index contributed by atoms with van der Waals surface area (Å²) in [5.74, 6) is -0.415. The van der Waals surface area contributed by atoms with E-state index in [1.165, 1.54) is 4.90 Å². The number of hydrogen-bond acceptors (Lipinski definition) is 6. The van der Waals surface area contributed by atoms with E-state index in [-0.39, 0.29) is 19.1 Å². The molecule has 0 aliphatic carbocycles. The minimum atomic E-state index is -0.915. The first kappa shape index (κ1) is 32.9. The number of amides is 2.